The maximum absolute atomic E-state index is 12.8. The Labute approximate surface area is 155 Å². The third kappa shape index (κ3) is 3.28. The van der Waals surface area contributed by atoms with Gasteiger partial charge in [0, 0.05) is 17.5 Å². The minimum Gasteiger partial charge on any atom is -0.328 e. The molecule has 0 bridgehead atoms. The molecule has 5 heteroatoms. The van der Waals surface area contributed by atoms with Crippen molar-refractivity contribution >= 4 is 11.7 Å². The van der Waals surface area contributed by atoms with E-state index >= 15 is 0 Å². The molecule has 3 N–H and O–H groups in total. The molecule has 2 aromatic rings. The number of nitrogens with two attached hydrogens (primary N) is 1. The van der Waals surface area contributed by atoms with E-state index < -0.39 is 0 Å². The van der Waals surface area contributed by atoms with Crippen molar-refractivity contribution in [2.45, 2.75) is 64.0 Å². The average molecular weight is 352 g/mol. The minimum atomic E-state index is 0.0140. The van der Waals surface area contributed by atoms with E-state index in [2.05, 4.69) is 34.7 Å². The number of carbonyl (C=O) groups is 1. The highest BCUT2D eigenvalue weighted by Gasteiger charge is 2.29. The molecule has 1 aromatic heterocycles. The topological polar surface area (TPSA) is 72.9 Å². The van der Waals surface area contributed by atoms with Crippen LogP contribution in [0.25, 0.3) is 0 Å². The summed E-state index contributed by atoms with van der Waals surface area (Å²) < 4.78 is 2.02. The molecule has 0 radical (unpaired) electrons. The van der Waals surface area contributed by atoms with Crippen molar-refractivity contribution < 1.29 is 4.79 Å². The standard InChI is InChI=1S/C21H28N4O/c1-14-13-23-25(19-11-5-7-15-6-2-3-10-18(15)19)20(14)24-21(26)16-8-4-9-17(22)12-16/h2-3,6,10,13,16-17,19H,4-5,7-9,11-12,22H2,1H3,(H,24,26). The van der Waals surface area contributed by atoms with Crippen molar-refractivity contribution in [1.82, 2.24) is 9.78 Å². The summed E-state index contributed by atoms with van der Waals surface area (Å²) >= 11 is 0. The van der Waals surface area contributed by atoms with Gasteiger partial charge in [-0.05, 0) is 56.6 Å². The van der Waals surface area contributed by atoms with Crippen molar-refractivity contribution in [3.63, 3.8) is 0 Å². The number of fused-ring (bicyclic) bond motifs is 1. The van der Waals surface area contributed by atoms with E-state index in [0.29, 0.717) is 0 Å². The first-order valence-corrected chi connectivity index (χ1v) is 9.82. The molecule has 5 nitrogen and oxygen atoms in total. The highest BCUT2D eigenvalue weighted by molar-refractivity contribution is 5.92. The Bertz CT molecular complexity index is 797. The zero-order valence-corrected chi connectivity index (χ0v) is 15.4. The molecular formula is C21H28N4O. The van der Waals surface area contributed by atoms with Crippen molar-refractivity contribution in [3.8, 4) is 0 Å². The average Bonchev–Trinajstić information content (AvgIpc) is 3.01. The predicted molar refractivity (Wildman–Crippen MR) is 103 cm³/mol. The second kappa shape index (κ2) is 7.23. The second-order valence-corrected chi connectivity index (χ2v) is 7.84. The van der Waals surface area contributed by atoms with Crippen molar-refractivity contribution in [2.24, 2.45) is 11.7 Å². The molecule has 3 unspecified atom stereocenters. The maximum Gasteiger partial charge on any atom is 0.228 e. The van der Waals surface area contributed by atoms with Crippen LogP contribution in [0.4, 0.5) is 5.82 Å². The zero-order valence-electron chi connectivity index (χ0n) is 15.4. The molecule has 2 aliphatic carbocycles. The van der Waals surface area contributed by atoms with Crippen LogP contribution in [-0.2, 0) is 11.2 Å². The Kier molecular flexibility index (Phi) is 4.81. The van der Waals surface area contributed by atoms with E-state index in [1.54, 1.807) is 0 Å². The van der Waals surface area contributed by atoms with Gasteiger partial charge in [0.25, 0.3) is 0 Å². The normalized spacial score (nSPS) is 25.5. The molecule has 1 aromatic carbocycles. The largest absolute Gasteiger partial charge is 0.328 e. The number of amides is 1. The van der Waals surface area contributed by atoms with Crippen molar-refractivity contribution in [3.05, 3.63) is 47.2 Å². The van der Waals surface area contributed by atoms with Crippen molar-refractivity contribution in [1.29, 1.82) is 0 Å². The monoisotopic (exact) mass is 352 g/mol. The van der Waals surface area contributed by atoms with Gasteiger partial charge in [-0.3, -0.25) is 4.79 Å². The summed E-state index contributed by atoms with van der Waals surface area (Å²) in [5.74, 6) is 0.949. The molecule has 26 heavy (non-hydrogen) atoms. The van der Waals surface area contributed by atoms with Crippen LogP contribution in [0.2, 0.25) is 0 Å². The Morgan fingerprint density at radius 3 is 2.92 bits per heavy atom. The van der Waals surface area contributed by atoms with Gasteiger partial charge < -0.3 is 11.1 Å². The Balaban J connectivity index is 1.60. The van der Waals surface area contributed by atoms with Crippen LogP contribution in [0.1, 0.15) is 61.3 Å². The first-order valence-electron chi connectivity index (χ1n) is 9.82. The number of hydrogen-bond acceptors (Lipinski definition) is 3. The highest BCUT2D eigenvalue weighted by atomic mass is 16.2. The van der Waals surface area contributed by atoms with E-state index in [1.807, 2.05) is 17.8 Å². The fraction of sp³-hybridized carbons (Fsp3) is 0.524. The lowest BCUT2D eigenvalue weighted by Crippen LogP contribution is -2.35. The molecule has 1 fully saturated rings. The number of nitrogens with zero attached hydrogens (tertiary/aromatic N) is 2. The number of carbonyl (C=O) groups excluding carboxylic acids is 1. The minimum absolute atomic E-state index is 0.0140. The van der Waals surface area contributed by atoms with E-state index in [9.17, 15) is 4.79 Å². The fourth-order valence-electron chi connectivity index (χ4n) is 4.51. The summed E-state index contributed by atoms with van der Waals surface area (Å²) in [6.07, 6.45) is 8.95. The summed E-state index contributed by atoms with van der Waals surface area (Å²) in [6, 6.07) is 8.94. The smallest absolute Gasteiger partial charge is 0.228 e. The van der Waals surface area contributed by atoms with Gasteiger partial charge in [0.2, 0.25) is 5.91 Å². The maximum atomic E-state index is 12.8. The number of anilines is 1. The molecular weight excluding hydrogens is 324 g/mol. The molecule has 3 atom stereocenters. The molecule has 138 valence electrons. The summed E-state index contributed by atoms with van der Waals surface area (Å²) in [4.78, 5) is 12.8. The third-order valence-electron chi connectivity index (χ3n) is 5.94. The molecule has 2 aliphatic rings. The lowest BCUT2D eigenvalue weighted by atomic mass is 9.85. The fourth-order valence-corrected chi connectivity index (χ4v) is 4.51. The lowest BCUT2D eigenvalue weighted by molar-refractivity contribution is -0.121. The summed E-state index contributed by atoms with van der Waals surface area (Å²) in [5.41, 5.74) is 9.81. The first-order chi connectivity index (χ1) is 12.6. The summed E-state index contributed by atoms with van der Waals surface area (Å²) in [7, 11) is 0. The highest BCUT2D eigenvalue weighted by Crippen LogP contribution is 2.35. The number of hydrogen-bond donors (Lipinski definition) is 2. The van der Waals surface area contributed by atoms with Gasteiger partial charge in [-0.15, -0.1) is 0 Å². The first kappa shape index (κ1) is 17.3. The van der Waals surface area contributed by atoms with Gasteiger partial charge in [-0.2, -0.15) is 5.10 Å². The van der Waals surface area contributed by atoms with Gasteiger partial charge in [0.15, 0.2) is 0 Å². The van der Waals surface area contributed by atoms with Gasteiger partial charge in [0.05, 0.1) is 12.2 Å². The molecule has 1 saturated carbocycles. The van der Waals surface area contributed by atoms with Crippen LogP contribution in [-0.4, -0.2) is 21.7 Å². The van der Waals surface area contributed by atoms with Gasteiger partial charge in [-0.1, -0.05) is 30.7 Å². The molecule has 1 amide bonds. The van der Waals surface area contributed by atoms with E-state index in [4.69, 9.17) is 5.73 Å². The quantitative estimate of drug-likeness (QED) is 0.887. The number of aromatic nitrogens is 2. The van der Waals surface area contributed by atoms with Crippen LogP contribution in [0, 0.1) is 12.8 Å². The number of aryl methyl sites for hydroxylation is 2. The number of rotatable bonds is 3. The van der Waals surface area contributed by atoms with Gasteiger partial charge >= 0.3 is 0 Å². The predicted octanol–water partition coefficient (Wildman–Crippen LogP) is 3.57. The van der Waals surface area contributed by atoms with Gasteiger partial charge in [0.1, 0.15) is 5.82 Å². The second-order valence-electron chi connectivity index (χ2n) is 7.84. The van der Waals surface area contributed by atoms with Crippen LogP contribution < -0.4 is 11.1 Å². The molecule has 4 rings (SSSR count). The molecule has 0 aliphatic heterocycles. The van der Waals surface area contributed by atoms with Crippen LogP contribution in [0.15, 0.2) is 30.5 Å². The van der Waals surface area contributed by atoms with Crippen LogP contribution in [0.3, 0.4) is 0 Å². The summed E-state index contributed by atoms with van der Waals surface area (Å²) in [6.45, 7) is 2.01. The third-order valence-corrected chi connectivity index (χ3v) is 5.94. The van der Waals surface area contributed by atoms with E-state index in [0.717, 1.165) is 56.3 Å². The SMILES string of the molecule is Cc1cnn(C2CCCc3ccccc32)c1NC(=O)C1CCCC(N)C1. The van der Waals surface area contributed by atoms with E-state index in [1.165, 1.54) is 11.1 Å². The number of nitrogens with one attached hydrogen (secondary N) is 1. The Morgan fingerprint density at radius 1 is 1.23 bits per heavy atom. The molecule has 0 saturated heterocycles. The Morgan fingerprint density at radius 2 is 2.08 bits per heavy atom. The molecule has 1 heterocycles. The Hall–Kier alpha value is -2.14. The zero-order chi connectivity index (χ0) is 18.1. The lowest BCUT2D eigenvalue weighted by Gasteiger charge is -2.29. The summed E-state index contributed by atoms with van der Waals surface area (Å²) in [5, 5.41) is 7.81. The van der Waals surface area contributed by atoms with Gasteiger partial charge in [-0.25, -0.2) is 4.68 Å². The van der Waals surface area contributed by atoms with Crippen LogP contribution in [0.5, 0.6) is 0 Å². The number of benzene rings is 1. The van der Waals surface area contributed by atoms with Crippen molar-refractivity contribution in [2.75, 3.05) is 5.32 Å². The van der Waals surface area contributed by atoms with Crippen LogP contribution >= 0.6 is 0 Å². The molecule has 0 spiro atoms. The van der Waals surface area contributed by atoms with E-state index in [-0.39, 0.29) is 23.9 Å².